The quantitative estimate of drug-likeness (QED) is 0.930. The van der Waals surface area contributed by atoms with Gasteiger partial charge in [-0.1, -0.05) is 13.8 Å². The van der Waals surface area contributed by atoms with Gasteiger partial charge in [0.15, 0.2) is 5.82 Å². The van der Waals surface area contributed by atoms with Crippen molar-refractivity contribution in [1.29, 1.82) is 0 Å². The third-order valence-electron chi connectivity index (χ3n) is 5.01. The maximum absolute atomic E-state index is 12.6. The summed E-state index contributed by atoms with van der Waals surface area (Å²) >= 11 is 0. The molecule has 6 nitrogen and oxygen atoms in total. The average Bonchev–Trinajstić information content (AvgIpc) is 3.15. The fourth-order valence-corrected chi connectivity index (χ4v) is 3.77. The van der Waals surface area contributed by atoms with Crippen LogP contribution < -0.4 is 4.90 Å². The number of hydrogen-bond acceptors (Lipinski definition) is 4. The molecule has 2 atom stereocenters. The molecule has 3 heterocycles. The molecule has 1 fully saturated rings. The molecule has 1 amide bonds. The van der Waals surface area contributed by atoms with Crippen LogP contribution in [0.2, 0.25) is 0 Å². The second-order valence-corrected chi connectivity index (χ2v) is 7.04. The summed E-state index contributed by atoms with van der Waals surface area (Å²) < 4.78 is 0. The zero-order chi connectivity index (χ0) is 15.4. The molecule has 3 aliphatic rings. The fraction of sp³-hybridized carbons (Fsp3) is 0.688. The minimum absolute atomic E-state index is 0.0201. The number of imidazole rings is 1. The van der Waals surface area contributed by atoms with Crippen molar-refractivity contribution >= 4 is 17.7 Å². The summed E-state index contributed by atoms with van der Waals surface area (Å²) in [5.74, 6) is 3.11. The van der Waals surface area contributed by atoms with Crippen LogP contribution in [0.25, 0.3) is 0 Å². The van der Waals surface area contributed by atoms with Gasteiger partial charge in [0, 0.05) is 13.5 Å². The molecule has 0 radical (unpaired) electrons. The Balaban J connectivity index is 1.72. The first-order valence-electron chi connectivity index (χ1n) is 8.30. The first-order valence-corrected chi connectivity index (χ1v) is 8.30. The van der Waals surface area contributed by atoms with Crippen molar-refractivity contribution in [1.82, 2.24) is 14.9 Å². The van der Waals surface area contributed by atoms with Crippen molar-refractivity contribution in [2.75, 3.05) is 11.9 Å². The largest absolute Gasteiger partial charge is 0.336 e. The van der Waals surface area contributed by atoms with Gasteiger partial charge in [-0.25, -0.2) is 9.98 Å². The number of aliphatic imine (C=N–C) groups is 1. The second kappa shape index (κ2) is 4.83. The summed E-state index contributed by atoms with van der Waals surface area (Å²) in [7, 11) is 1.81. The van der Waals surface area contributed by atoms with Crippen molar-refractivity contribution in [3.05, 3.63) is 11.5 Å². The lowest BCUT2D eigenvalue weighted by atomic mass is 10.1. The van der Waals surface area contributed by atoms with Gasteiger partial charge in [0.1, 0.15) is 11.5 Å². The lowest BCUT2D eigenvalue weighted by Crippen LogP contribution is -2.51. The number of hydrogen-bond donors (Lipinski definition) is 1. The van der Waals surface area contributed by atoms with Gasteiger partial charge in [0.25, 0.3) is 5.91 Å². The summed E-state index contributed by atoms with van der Waals surface area (Å²) in [6.07, 6.45) is 5.42. The monoisotopic (exact) mass is 301 g/mol. The molecule has 4 rings (SSSR count). The summed E-state index contributed by atoms with van der Waals surface area (Å²) in [5, 5.41) is 0. The van der Waals surface area contributed by atoms with E-state index in [-0.39, 0.29) is 5.91 Å². The standard InChI is InChI=1S/C16H23N5O/c1-9(2)7-8-12-18-13-14(19-12)21-11-6-4-5-10(11)17-16(21)20(3)15(13)22/h9-11H,4-8H2,1-3H3,(H,18,19)/t10-,11+/m1/s1. The van der Waals surface area contributed by atoms with Crippen molar-refractivity contribution < 1.29 is 4.79 Å². The van der Waals surface area contributed by atoms with Crippen molar-refractivity contribution in [2.45, 2.75) is 58.0 Å². The van der Waals surface area contributed by atoms with Crippen molar-refractivity contribution in [2.24, 2.45) is 10.9 Å². The SMILES string of the molecule is CC(C)CCc1nc2c([nH]1)C(=O)N(C)C1=N[C@@H]3CCC[C@@H]3N12. The minimum Gasteiger partial charge on any atom is -0.336 e. The van der Waals surface area contributed by atoms with E-state index in [2.05, 4.69) is 23.7 Å². The lowest BCUT2D eigenvalue weighted by Gasteiger charge is -2.33. The smallest absolute Gasteiger partial charge is 0.280 e. The first kappa shape index (κ1) is 13.8. The lowest BCUT2D eigenvalue weighted by molar-refractivity contribution is 0.0859. The van der Waals surface area contributed by atoms with E-state index in [1.165, 1.54) is 6.42 Å². The number of rotatable bonds is 3. The van der Waals surface area contributed by atoms with E-state index in [4.69, 9.17) is 9.98 Å². The van der Waals surface area contributed by atoms with Crippen LogP contribution in [0.4, 0.5) is 5.82 Å². The van der Waals surface area contributed by atoms with Crippen LogP contribution in [0.15, 0.2) is 4.99 Å². The number of fused-ring (bicyclic) bond motifs is 5. The molecule has 2 aliphatic heterocycles. The van der Waals surface area contributed by atoms with Crippen LogP contribution >= 0.6 is 0 Å². The van der Waals surface area contributed by atoms with Gasteiger partial charge in [-0.15, -0.1) is 0 Å². The van der Waals surface area contributed by atoms with Gasteiger partial charge in [-0.2, -0.15) is 0 Å². The highest BCUT2D eigenvalue weighted by Crippen LogP contribution is 2.39. The van der Waals surface area contributed by atoms with Crippen LogP contribution in [0, 0.1) is 5.92 Å². The van der Waals surface area contributed by atoms with Crippen molar-refractivity contribution in [3.8, 4) is 0 Å². The molecule has 0 saturated heterocycles. The van der Waals surface area contributed by atoms with Crippen molar-refractivity contribution in [3.63, 3.8) is 0 Å². The number of nitrogens with one attached hydrogen (secondary N) is 1. The second-order valence-electron chi connectivity index (χ2n) is 7.04. The number of nitrogens with zero attached hydrogens (tertiary/aromatic N) is 4. The molecular weight excluding hydrogens is 278 g/mol. The van der Waals surface area contributed by atoms with Crippen LogP contribution in [0.1, 0.15) is 55.8 Å². The predicted molar refractivity (Wildman–Crippen MR) is 85.2 cm³/mol. The molecular formula is C16H23N5O. The van der Waals surface area contributed by atoms with E-state index in [9.17, 15) is 4.79 Å². The molecule has 6 heteroatoms. The number of aromatic amines is 1. The number of H-pyrrole nitrogens is 1. The van der Waals surface area contributed by atoms with Crippen LogP contribution in [-0.4, -0.2) is 45.9 Å². The van der Waals surface area contributed by atoms with E-state index < -0.39 is 0 Å². The molecule has 118 valence electrons. The Morgan fingerprint density at radius 3 is 2.95 bits per heavy atom. The van der Waals surface area contributed by atoms with Crippen LogP contribution in [0.5, 0.6) is 0 Å². The Hall–Kier alpha value is -1.85. The normalized spacial score (nSPS) is 26.4. The van der Waals surface area contributed by atoms with E-state index >= 15 is 0 Å². The number of guanidine groups is 1. The van der Waals surface area contributed by atoms with Gasteiger partial charge >= 0.3 is 0 Å². The van der Waals surface area contributed by atoms with Crippen LogP contribution in [0.3, 0.4) is 0 Å². The highest BCUT2D eigenvalue weighted by molar-refractivity contribution is 6.18. The third-order valence-corrected chi connectivity index (χ3v) is 5.01. The van der Waals surface area contributed by atoms with Gasteiger partial charge in [0.05, 0.1) is 12.1 Å². The molecule has 0 spiro atoms. The van der Waals surface area contributed by atoms with E-state index in [1.807, 2.05) is 7.05 Å². The molecule has 0 unspecified atom stereocenters. The van der Waals surface area contributed by atoms with Gasteiger partial charge in [-0.3, -0.25) is 14.6 Å². The average molecular weight is 301 g/mol. The molecule has 1 saturated carbocycles. The third kappa shape index (κ3) is 1.89. The Morgan fingerprint density at radius 1 is 1.36 bits per heavy atom. The first-order chi connectivity index (χ1) is 10.6. The van der Waals surface area contributed by atoms with E-state index in [1.54, 1.807) is 4.90 Å². The Kier molecular flexibility index (Phi) is 3.03. The number of anilines is 1. The number of aromatic nitrogens is 2. The molecule has 0 aromatic carbocycles. The van der Waals surface area contributed by atoms with Gasteiger partial charge in [0.2, 0.25) is 5.96 Å². The summed E-state index contributed by atoms with van der Waals surface area (Å²) in [6.45, 7) is 4.41. The predicted octanol–water partition coefficient (Wildman–Crippen LogP) is 2.18. The fourth-order valence-electron chi connectivity index (χ4n) is 3.77. The van der Waals surface area contributed by atoms with Crippen LogP contribution in [-0.2, 0) is 6.42 Å². The molecule has 1 N–H and O–H groups in total. The Labute approximate surface area is 130 Å². The Morgan fingerprint density at radius 2 is 2.18 bits per heavy atom. The highest BCUT2D eigenvalue weighted by atomic mass is 16.2. The number of carbonyl (C=O) groups excluding carboxylic acids is 1. The molecule has 1 aliphatic carbocycles. The van der Waals surface area contributed by atoms with E-state index in [0.29, 0.717) is 23.7 Å². The maximum Gasteiger partial charge on any atom is 0.280 e. The number of aryl methyl sites for hydroxylation is 1. The molecule has 1 aromatic rings. The maximum atomic E-state index is 12.6. The summed E-state index contributed by atoms with van der Waals surface area (Å²) in [4.78, 5) is 29.2. The van der Waals surface area contributed by atoms with E-state index in [0.717, 1.165) is 43.3 Å². The molecule has 22 heavy (non-hydrogen) atoms. The molecule has 1 aromatic heterocycles. The zero-order valence-corrected chi connectivity index (χ0v) is 13.5. The zero-order valence-electron chi connectivity index (χ0n) is 13.5. The summed E-state index contributed by atoms with van der Waals surface area (Å²) in [6, 6.07) is 0.706. The topological polar surface area (TPSA) is 64.6 Å². The minimum atomic E-state index is -0.0201. The summed E-state index contributed by atoms with van der Waals surface area (Å²) in [5.41, 5.74) is 0.632. The number of amides is 1. The molecule has 0 bridgehead atoms. The van der Waals surface area contributed by atoms with Gasteiger partial charge in [-0.05, 0) is 31.6 Å². The van der Waals surface area contributed by atoms with Gasteiger partial charge < -0.3 is 4.98 Å². The Bertz CT molecular complexity index is 647. The number of carbonyl (C=O) groups is 1. The highest BCUT2D eigenvalue weighted by Gasteiger charge is 2.48.